The maximum atomic E-state index is 11.3. The first-order chi connectivity index (χ1) is 9.43. The summed E-state index contributed by atoms with van der Waals surface area (Å²) in [6, 6.07) is 4.95. The first-order valence-corrected chi connectivity index (χ1v) is 6.50. The lowest BCUT2D eigenvalue weighted by Gasteiger charge is -2.18. The van der Waals surface area contributed by atoms with Gasteiger partial charge < -0.3 is 15.8 Å². The van der Waals surface area contributed by atoms with E-state index in [0.717, 1.165) is 17.7 Å². The van der Waals surface area contributed by atoms with E-state index in [-0.39, 0.29) is 12.6 Å². The Bertz CT molecular complexity index is 489. The van der Waals surface area contributed by atoms with Gasteiger partial charge in [0, 0.05) is 11.6 Å². The molecule has 6 nitrogen and oxygen atoms in total. The molecule has 0 radical (unpaired) electrons. The Hall–Kier alpha value is -2.08. The normalized spacial score (nSPS) is 11.8. The molecule has 1 unspecified atom stereocenters. The Morgan fingerprint density at radius 3 is 2.70 bits per heavy atom. The fraction of sp³-hybridized carbons (Fsp3) is 0.429. The van der Waals surface area contributed by atoms with E-state index in [9.17, 15) is 9.59 Å². The molecule has 1 rings (SSSR count). The summed E-state index contributed by atoms with van der Waals surface area (Å²) in [6.07, 6.45) is 0. The van der Waals surface area contributed by atoms with E-state index in [0.29, 0.717) is 5.75 Å². The average Bonchev–Trinajstić information content (AvgIpc) is 2.36. The van der Waals surface area contributed by atoms with Crippen molar-refractivity contribution in [2.75, 3.05) is 13.2 Å². The summed E-state index contributed by atoms with van der Waals surface area (Å²) in [5.74, 6) is 0.0452. The minimum atomic E-state index is -0.885. The number of rotatable bonds is 6. The first kappa shape index (κ1) is 16.0. The van der Waals surface area contributed by atoms with E-state index in [1.807, 2.05) is 44.3 Å². The highest BCUT2D eigenvalue weighted by Gasteiger charge is 2.13. The second-order valence-electron chi connectivity index (χ2n) is 4.52. The molecule has 110 valence electrons. The minimum Gasteiger partial charge on any atom is -0.483 e. The third kappa shape index (κ3) is 4.89. The van der Waals surface area contributed by atoms with E-state index in [4.69, 9.17) is 10.5 Å². The summed E-state index contributed by atoms with van der Waals surface area (Å²) < 4.78 is 5.46. The zero-order valence-electron chi connectivity index (χ0n) is 12.0. The van der Waals surface area contributed by atoms with Crippen molar-refractivity contribution in [1.29, 1.82) is 0 Å². The second-order valence-corrected chi connectivity index (χ2v) is 4.52. The van der Waals surface area contributed by atoms with Gasteiger partial charge >= 0.3 is 6.03 Å². The van der Waals surface area contributed by atoms with E-state index >= 15 is 0 Å². The topological polar surface area (TPSA) is 93.4 Å². The van der Waals surface area contributed by atoms with Crippen LogP contribution in [0.2, 0.25) is 0 Å². The maximum Gasteiger partial charge on any atom is 0.318 e. The van der Waals surface area contributed by atoms with E-state index in [2.05, 4.69) is 5.32 Å². The van der Waals surface area contributed by atoms with E-state index in [1.54, 1.807) is 0 Å². The largest absolute Gasteiger partial charge is 0.483 e. The summed E-state index contributed by atoms with van der Waals surface area (Å²) >= 11 is 0. The number of hydrogen-bond acceptors (Lipinski definition) is 4. The Kier molecular flexibility index (Phi) is 5.99. The molecular formula is C14H21N3O3. The lowest BCUT2D eigenvalue weighted by molar-refractivity contribution is -0.121. The van der Waals surface area contributed by atoms with Gasteiger partial charge in [-0.3, -0.25) is 10.1 Å². The highest BCUT2D eigenvalue weighted by molar-refractivity contribution is 5.94. The number of amides is 3. The zero-order chi connectivity index (χ0) is 15.1. The van der Waals surface area contributed by atoms with Gasteiger partial charge in [-0.2, -0.15) is 0 Å². The molecule has 0 saturated heterocycles. The van der Waals surface area contributed by atoms with Crippen LogP contribution in [0.4, 0.5) is 4.79 Å². The summed E-state index contributed by atoms with van der Waals surface area (Å²) in [4.78, 5) is 21.9. The number of nitrogens with one attached hydrogen (secondary N) is 2. The molecule has 0 bridgehead atoms. The highest BCUT2D eigenvalue weighted by atomic mass is 16.5. The molecule has 1 atom stereocenters. The van der Waals surface area contributed by atoms with Crippen LogP contribution in [-0.2, 0) is 4.79 Å². The second kappa shape index (κ2) is 7.49. The van der Waals surface area contributed by atoms with Gasteiger partial charge in [0.1, 0.15) is 5.75 Å². The number of imide groups is 1. The highest BCUT2D eigenvalue weighted by Crippen LogP contribution is 2.26. The van der Waals surface area contributed by atoms with E-state index < -0.39 is 11.9 Å². The minimum absolute atomic E-state index is 0.106. The molecule has 6 heteroatoms. The Labute approximate surface area is 118 Å². The van der Waals surface area contributed by atoms with Crippen molar-refractivity contribution in [1.82, 2.24) is 10.6 Å². The van der Waals surface area contributed by atoms with Crippen LogP contribution in [0.1, 0.15) is 31.0 Å². The number of benzene rings is 1. The van der Waals surface area contributed by atoms with Crippen molar-refractivity contribution in [3.05, 3.63) is 29.3 Å². The van der Waals surface area contributed by atoms with Crippen molar-refractivity contribution in [2.45, 2.75) is 26.8 Å². The molecule has 0 heterocycles. The van der Waals surface area contributed by atoms with Crippen LogP contribution in [0, 0.1) is 6.92 Å². The molecule has 4 N–H and O–H groups in total. The zero-order valence-corrected chi connectivity index (χ0v) is 12.0. The van der Waals surface area contributed by atoms with Crippen LogP contribution in [0.5, 0.6) is 5.75 Å². The van der Waals surface area contributed by atoms with Gasteiger partial charge in [0.25, 0.3) is 5.91 Å². The molecule has 0 spiro atoms. The number of aryl methyl sites for hydroxylation is 1. The number of hydrogen-bond donors (Lipinski definition) is 3. The summed E-state index contributed by atoms with van der Waals surface area (Å²) in [5, 5.41) is 5.25. The number of primary amides is 1. The number of ether oxygens (including phenoxy) is 1. The van der Waals surface area contributed by atoms with Crippen LogP contribution in [0.3, 0.4) is 0 Å². The number of nitrogens with two attached hydrogens (primary N) is 1. The van der Waals surface area contributed by atoms with Gasteiger partial charge in [-0.25, -0.2) is 4.79 Å². The molecule has 0 aliphatic heterocycles. The van der Waals surface area contributed by atoms with Gasteiger partial charge in [-0.15, -0.1) is 0 Å². The molecule has 20 heavy (non-hydrogen) atoms. The van der Waals surface area contributed by atoms with Gasteiger partial charge in [-0.1, -0.05) is 24.6 Å². The van der Waals surface area contributed by atoms with Crippen LogP contribution < -0.4 is 21.1 Å². The van der Waals surface area contributed by atoms with Crippen LogP contribution >= 0.6 is 0 Å². The third-order valence-electron chi connectivity index (χ3n) is 2.76. The van der Waals surface area contributed by atoms with Crippen LogP contribution in [0.15, 0.2) is 18.2 Å². The van der Waals surface area contributed by atoms with Crippen molar-refractivity contribution in [3.8, 4) is 5.75 Å². The Morgan fingerprint density at radius 2 is 2.10 bits per heavy atom. The van der Waals surface area contributed by atoms with Gasteiger partial charge in [0.2, 0.25) is 0 Å². The van der Waals surface area contributed by atoms with Crippen molar-refractivity contribution < 1.29 is 14.3 Å². The SMILES string of the molecule is CCNC(C)c1cc(C)ccc1OCC(=O)NC(N)=O. The average molecular weight is 279 g/mol. The van der Waals surface area contributed by atoms with Crippen molar-refractivity contribution >= 4 is 11.9 Å². The van der Waals surface area contributed by atoms with Crippen molar-refractivity contribution in [3.63, 3.8) is 0 Å². The smallest absolute Gasteiger partial charge is 0.318 e. The van der Waals surface area contributed by atoms with Crippen molar-refractivity contribution in [2.24, 2.45) is 5.73 Å². The monoisotopic (exact) mass is 279 g/mol. The van der Waals surface area contributed by atoms with Crippen LogP contribution in [0.25, 0.3) is 0 Å². The van der Waals surface area contributed by atoms with E-state index in [1.165, 1.54) is 0 Å². The number of carbonyl (C=O) groups is 2. The van der Waals surface area contributed by atoms with Gasteiger partial charge in [-0.05, 0) is 26.5 Å². The summed E-state index contributed by atoms with van der Waals surface area (Å²) in [6.45, 7) is 6.61. The summed E-state index contributed by atoms with van der Waals surface area (Å²) in [5.41, 5.74) is 6.94. The quantitative estimate of drug-likeness (QED) is 0.730. The number of carbonyl (C=O) groups excluding carboxylic acids is 2. The summed E-state index contributed by atoms with van der Waals surface area (Å²) in [7, 11) is 0. The third-order valence-corrected chi connectivity index (χ3v) is 2.76. The van der Waals surface area contributed by atoms with Gasteiger partial charge in [0.15, 0.2) is 6.61 Å². The molecule has 0 fully saturated rings. The predicted octanol–water partition coefficient (Wildman–Crippen LogP) is 1.24. The molecular weight excluding hydrogens is 258 g/mol. The fourth-order valence-electron chi connectivity index (χ4n) is 1.87. The standard InChI is InChI=1S/C14H21N3O3/c1-4-16-10(3)11-7-9(2)5-6-12(11)20-8-13(18)17-14(15)19/h5-7,10,16H,4,8H2,1-3H3,(H3,15,17,18,19). The lowest BCUT2D eigenvalue weighted by Crippen LogP contribution is -2.38. The first-order valence-electron chi connectivity index (χ1n) is 6.50. The lowest BCUT2D eigenvalue weighted by atomic mass is 10.0. The molecule has 1 aromatic carbocycles. The van der Waals surface area contributed by atoms with Gasteiger partial charge in [0.05, 0.1) is 0 Å². The maximum absolute atomic E-state index is 11.3. The number of urea groups is 1. The molecule has 3 amide bonds. The fourth-order valence-corrected chi connectivity index (χ4v) is 1.87. The molecule has 0 aliphatic carbocycles. The molecule has 0 aromatic heterocycles. The molecule has 1 aromatic rings. The Morgan fingerprint density at radius 1 is 1.40 bits per heavy atom. The predicted molar refractivity (Wildman–Crippen MR) is 76.5 cm³/mol. The van der Waals surface area contributed by atoms with Crippen LogP contribution in [-0.4, -0.2) is 25.1 Å². The molecule has 0 saturated carbocycles. The molecule has 0 aliphatic rings. The Balaban J connectivity index is 2.78.